The van der Waals surface area contributed by atoms with Crippen molar-refractivity contribution in [1.29, 1.82) is 0 Å². The van der Waals surface area contributed by atoms with Crippen molar-refractivity contribution in [2.45, 2.75) is 52.4 Å². The molecule has 0 fully saturated rings. The Morgan fingerprint density at radius 2 is 0.539 bits per heavy atom. The average molecular weight is 1340 g/mol. The molecule has 0 N–H and O–H groups in total. The number of para-hydroxylation sites is 2. The van der Waals surface area contributed by atoms with E-state index in [1.54, 1.807) is 0 Å². The van der Waals surface area contributed by atoms with Gasteiger partial charge in [0.2, 0.25) is 5.95 Å². The third-order valence-corrected chi connectivity index (χ3v) is 30.6. The fraction of sp³-hybridized carbons (Fsp3) is 0.0833. The van der Waals surface area contributed by atoms with Crippen LogP contribution in [0.25, 0.3) is 100 Å². The summed E-state index contributed by atoms with van der Waals surface area (Å²) in [6, 6.07) is 137. The third kappa shape index (κ3) is 11.1. The van der Waals surface area contributed by atoms with Crippen LogP contribution < -0.4 is 41.5 Å². The summed E-state index contributed by atoms with van der Waals surface area (Å²) < 4.78 is 4.73. The molecule has 0 saturated heterocycles. The molecule has 6 heteroatoms. The van der Waals surface area contributed by atoms with E-state index in [0.29, 0.717) is 5.95 Å². The summed E-state index contributed by atoms with van der Waals surface area (Å²) in [6.07, 6.45) is 0. The van der Waals surface area contributed by atoms with Gasteiger partial charge in [-0.25, -0.2) is 4.98 Å². The molecular formula is C96H78N4Si2. The monoisotopic (exact) mass is 1340 g/mol. The second-order valence-corrected chi connectivity index (χ2v) is 36.9. The van der Waals surface area contributed by atoms with Crippen LogP contribution in [0.1, 0.15) is 52.7 Å². The van der Waals surface area contributed by atoms with Crippen molar-refractivity contribution < 1.29 is 0 Å². The highest BCUT2D eigenvalue weighted by molar-refractivity contribution is 7.22. The van der Waals surface area contributed by atoms with E-state index in [1.807, 2.05) is 0 Å². The summed E-state index contributed by atoms with van der Waals surface area (Å²) in [6.45, 7) is 13.9. The zero-order chi connectivity index (χ0) is 69.2. The molecule has 0 spiro atoms. The minimum atomic E-state index is -3.62. The Balaban J connectivity index is 1.07. The lowest BCUT2D eigenvalue weighted by Gasteiger charge is -2.39. The van der Waals surface area contributed by atoms with E-state index >= 15 is 0 Å². The van der Waals surface area contributed by atoms with Crippen LogP contribution in [0.3, 0.4) is 0 Å². The zero-order valence-corrected chi connectivity index (χ0v) is 60.4. The van der Waals surface area contributed by atoms with Gasteiger partial charge in [0.1, 0.15) is 5.82 Å². The molecule has 490 valence electrons. The number of hydrogen-bond acceptors (Lipinski definition) is 2. The summed E-state index contributed by atoms with van der Waals surface area (Å²) in [4.78, 5) is 12.1. The number of hydrogen-bond donors (Lipinski definition) is 0. The molecule has 0 saturated carbocycles. The molecule has 14 aromatic carbocycles. The SMILES string of the molecule is CC(C)(C)c1ccc2c(c1)c1cc(C(C)(C)C)ccc1n2-c1cc(-c2cc([Si](c3ccccc3)(c3ccccc3)c3cccc(-c4ccccc4)c3)cc([Si](c3ccccc3)(c3cccc(-c4ccccc4)c3)c3cccc(-c4ccccc4)c3)c2)nc(-n2c3ccccc3c3ccccc32)n1. The van der Waals surface area contributed by atoms with Crippen LogP contribution in [0.4, 0.5) is 0 Å². The Labute approximate surface area is 600 Å². The maximum atomic E-state index is 6.12. The van der Waals surface area contributed by atoms with E-state index in [0.717, 1.165) is 61.0 Å². The normalized spacial score (nSPS) is 12.2. The van der Waals surface area contributed by atoms with Gasteiger partial charge in [-0.15, -0.1) is 0 Å². The van der Waals surface area contributed by atoms with E-state index < -0.39 is 16.1 Å². The Morgan fingerprint density at radius 1 is 0.225 bits per heavy atom. The smallest absolute Gasteiger partial charge is 0.237 e. The second-order valence-electron chi connectivity index (χ2n) is 29.3. The zero-order valence-electron chi connectivity index (χ0n) is 58.4. The van der Waals surface area contributed by atoms with E-state index in [1.165, 1.54) is 85.6 Å². The van der Waals surface area contributed by atoms with Gasteiger partial charge < -0.3 is 0 Å². The van der Waals surface area contributed by atoms with E-state index in [9.17, 15) is 0 Å². The molecule has 0 bridgehead atoms. The fourth-order valence-electron chi connectivity index (χ4n) is 16.1. The number of nitrogens with zero attached hydrogens (tertiary/aromatic N) is 4. The van der Waals surface area contributed by atoms with Crippen molar-refractivity contribution in [3.63, 3.8) is 0 Å². The van der Waals surface area contributed by atoms with E-state index in [-0.39, 0.29) is 10.8 Å². The van der Waals surface area contributed by atoms with Gasteiger partial charge in [0.05, 0.1) is 27.8 Å². The van der Waals surface area contributed by atoms with Crippen molar-refractivity contribution >= 4 is 101 Å². The molecule has 4 nitrogen and oxygen atoms in total. The predicted octanol–water partition coefficient (Wildman–Crippen LogP) is 18.7. The number of fused-ring (bicyclic) bond motifs is 6. The second kappa shape index (κ2) is 25.7. The maximum absolute atomic E-state index is 6.12. The lowest BCUT2D eigenvalue weighted by atomic mass is 9.85. The Morgan fingerprint density at radius 3 is 0.922 bits per heavy atom. The predicted molar refractivity (Wildman–Crippen MR) is 437 cm³/mol. The summed E-state index contributed by atoms with van der Waals surface area (Å²) in [5.74, 6) is 1.36. The van der Waals surface area contributed by atoms with Crippen LogP contribution in [0.2, 0.25) is 0 Å². The number of aromatic nitrogens is 4. The van der Waals surface area contributed by atoms with Gasteiger partial charge in [0.25, 0.3) is 0 Å². The highest BCUT2D eigenvalue weighted by Gasteiger charge is 2.47. The van der Waals surface area contributed by atoms with Crippen LogP contribution in [0.15, 0.2) is 364 Å². The molecular weight excluding hydrogens is 1270 g/mol. The minimum Gasteiger partial charge on any atom is -0.294 e. The molecule has 0 aliphatic heterocycles. The topological polar surface area (TPSA) is 35.6 Å². The molecule has 0 radical (unpaired) electrons. The maximum Gasteiger partial charge on any atom is 0.237 e. The third-order valence-electron chi connectivity index (χ3n) is 21.1. The molecule has 0 atom stereocenters. The first-order chi connectivity index (χ1) is 49.8. The molecule has 0 unspecified atom stereocenters. The van der Waals surface area contributed by atoms with Gasteiger partial charge in [0.15, 0.2) is 16.1 Å². The Hall–Kier alpha value is -11.8. The summed E-state index contributed by atoms with van der Waals surface area (Å²) in [7, 11) is -7.14. The summed E-state index contributed by atoms with van der Waals surface area (Å²) in [5.41, 5.74) is 15.4. The Kier molecular flexibility index (Phi) is 16.1. The van der Waals surface area contributed by atoms with Crippen molar-refractivity contribution in [3.05, 3.63) is 375 Å². The van der Waals surface area contributed by atoms with Crippen LogP contribution in [0.5, 0.6) is 0 Å². The van der Waals surface area contributed by atoms with Gasteiger partial charge in [-0.05, 0) is 133 Å². The lowest BCUT2D eigenvalue weighted by Crippen LogP contribution is -2.78. The number of rotatable bonds is 14. The van der Waals surface area contributed by atoms with Crippen LogP contribution in [-0.4, -0.2) is 35.2 Å². The van der Waals surface area contributed by atoms with Crippen LogP contribution in [0, 0.1) is 0 Å². The molecule has 0 amide bonds. The van der Waals surface area contributed by atoms with Gasteiger partial charge in [-0.1, -0.05) is 363 Å². The van der Waals surface area contributed by atoms with Gasteiger partial charge in [-0.2, -0.15) is 4.98 Å². The standard InChI is InChI=1S/C96H78N4Si2/c1-95(2,3)74-54-56-91-86(63-74)87-64-75(96(4,5)6)55-57-92(87)99(91)93-66-88(97-94(98-93)100-89-52-27-25-50-84(89)85-51-26-28-53-90(85)100)73-61-82(101(76-41-19-10-20-42-76,77-43-21-11-22-44-77)79-47-29-38-70(58-79)67-32-13-7-14-33-67)65-83(62-73)102(78-45-23-12-24-46-78,80-48-30-39-71(59-80)68-34-15-8-16-35-68)81-49-31-40-72(60-81)69-36-17-9-18-37-69/h7-66H,1-6H3. The van der Waals surface area contributed by atoms with E-state index in [2.05, 4.69) is 415 Å². The van der Waals surface area contributed by atoms with Gasteiger partial charge >= 0.3 is 0 Å². The highest BCUT2D eigenvalue weighted by Crippen LogP contribution is 2.40. The van der Waals surface area contributed by atoms with Crippen LogP contribution in [-0.2, 0) is 10.8 Å². The summed E-state index contributed by atoms with van der Waals surface area (Å²) in [5, 5.41) is 14.8. The average Bonchev–Trinajstić information content (AvgIpc) is 0.916. The van der Waals surface area contributed by atoms with Gasteiger partial charge in [0, 0.05) is 33.2 Å². The first-order valence-electron chi connectivity index (χ1n) is 35.6. The first kappa shape index (κ1) is 63.6. The van der Waals surface area contributed by atoms with Crippen molar-refractivity contribution in [2.24, 2.45) is 0 Å². The lowest BCUT2D eigenvalue weighted by molar-refractivity contribution is 0.590. The van der Waals surface area contributed by atoms with Crippen molar-refractivity contribution in [1.82, 2.24) is 19.1 Å². The largest absolute Gasteiger partial charge is 0.294 e. The summed E-state index contributed by atoms with van der Waals surface area (Å²) >= 11 is 0. The number of benzene rings is 14. The highest BCUT2D eigenvalue weighted by atomic mass is 28.3. The van der Waals surface area contributed by atoms with Crippen molar-refractivity contribution in [2.75, 3.05) is 0 Å². The first-order valence-corrected chi connectivity index (χ1v) is 39.6. The minimum absolute atomic E-state index is 0.0936. The fourth-order valence-corrected chi connectivity index (χ4v) is 26.0. The Bertz CT molecular complexity index is 5700. The van der Waals surface area contributed by atoms with Crippen molar-refractivity contribution in [3.8, 4) is 56.4 Å². The molecule has 3 aromatic heterocycles. The molecule has 0 aliphatic carbocycles. The van der Waals surface area contributed by atoms with Gasteiger partial charge in [-0.3, -0.25) is 9.13 Å². The molecule has 17 rings (SSSR count). The van der Waals surface area contributed by atoms with E-state index in [4.69, 9.17) is 9.97 Å². The van der Waals surface area contributed by atoms with Crippen LogP contribution >= 0.6 is 0 Å². The quantitative estimate of drug-likeness (QED) is 0.0803. The molecule has 3 heterocycles. The molecule has 102 heavy (non-hydrogen) atoms. The molecule has 0 aliphatic rings. The molecule has 17 aromatic rings.